The lowest BCUT2D eigenvalue weighted by atomic mass is 9.89. The molecule has 180 valence electrons. The molecule has 0 N–H and O–H groups in total. The van der Waals surface area contributed by atoms with Gasteiger partial charge in [-0.25, -0.2) is 0 Å². The molecule has 0 aromatic carbocycles. The Labute approximate surface area is 190 Å². The summed E-state index contributed by atoms with van der Waals surface area (Å²) in [7, 11) is 1.77. The smallest absolute Gasteiger partial charge is 0.132 e. The minimum atomic E-state index is 0.516. The summed E-state index contributed by atoms with van der Waals surface area (Å²) in [5, 5.41) is 0. The molecule has 0 saturated carbocycles. The maximum absolute atomic E-state index is 12.4. The van der Waals surface area contributed by atoms with Crippen LogP contribution in [0.5, 0.6) is 0 Å². The number of hydrogen-bond donors (Lipinski definition) is 0. The molecule has 0 spiro atoms. The topological polar surface area (TPSA) is 26.3 Å². The van der Waals surface area contributed by atoms with Crippen molar-refractivity contribution in [3.8, 4) is 0 Å². The fourth-order valence-electron chi connectivity index (χ4n) is 4.45. The molecule has 0 fully saturated rings. The molecule has 0 rings (SSSR count). The van der Waals surface area contributed by atoms with Gasteiger partial charge in [0.05, 0.1) is 0 Å². The Balaban J connectivity index is 3.94. The quantitative estimate of drug-likeness (QED) is 0.136. The Kier molecular flexibility index (Phi) is 24.6. The van der Waals surface area contributed by atoms with E-state index in [0.717, 1.165) is 44.6 Å². The zero-order valence-electron chi connectivity index (χ0n) is 21.2. The average Bonchev–Trinajstić information content (AvgIpc) is 2.75. The number of Topliss-reactive ketones (excluding diaryl/α,β-unsaturated/α-hetero) is 1. The van der Waals surface area contributed by atoms with E-state index in [1.807, 2.05) is 0 Å². The second-order valence-electron chi connectivity index (χ2n) is 9.57. The van der Waals surface area contributed by atoms with Gasteiger partial charge in [-0.05, 0) is 25.2 Å². The van der Waals surface area contributed by atoms with Gasteiger partial charge in [-0.1, -0.05) is 123 Å². The van der Waals surface area contributed by atoms with Gasteiger partial charge in [0.25, 0.3) is 0 Å². The van der Waals surface area contributed by atoms with Crippen LogP contribution in [0.4, 0.5) is 0 Å². The van der Waals surface area contributed by atoms with Gasteiger partial charge in [-0.15, -0.1) is 0 Å². The second-order valence-corrected chi connectivity index (χ2v) is 9.57. The van der Waals surface area contributed by atoms with Crippen molar-refractivity contribution in [2.24, 2.45) is 5.92 Å². The summed E-state index contributed by atoms with van der Waals surface area (Å²) in [6.07, 6.45) is 28.0. The third-order valence-corrected chi connectivity index (χ3v) is 6.57. The summed E-state index contributed by atoms with van der Waals surface area (Å²) in [4.78, 5) is 12.4. The first-order chi connectivity index (χ1) is 14.7. The number of ether oxygens (including phenoxy) is 1. The van der Waals surface area contributed by atoms with E-state index < -0.39 is 0 Å². The lowest BCUT2D eigenvalue weighted by Crippen LogP contribution is -2.06. The highest BCUT2D eigenvalue weighted by atomic mass is 16.5. The Hall–Kier alpha value is -0.370. The maximum atomic E-state index is 12.4. The lowest BCUT2D eigenvalue weighted by molar-refractivity contribution is -0.119. The van der Waals surface area contributed by atoms with Crippen molar-refractivity contribution in [2.45, 2.75) is 155 Å². The van der Waals surface area contributed by atoms with Gasteiger partial charge in [0.1, 0.15) is 5.78 Å². The van der Waals surface area contributed by atoms with Crippen molar-refractivity contribution in [1.29, 1.82) is 0 Å². The summed E-state index contributed by atoms with van der Waals surface area (Å²) in [6.45, 7) is 5.45. The van der Waals surface area contributed by atoms with Crippen LogP contribution in [0.3, 0.4) is 0 Å². The van der Waals surface area contributed by atoms with E-state index in [0.29, 0.717) is 5.78 Å². The summed E-state index contributed by atoms with van der Waals surface area (Å²) in [5.41, 5.74) is 0. The second kappa shape index (κ2) is 24.9. The van der Waals surface area contributed by atoms with Crippen molar-refractivity contribution >= 4 is 5.78 Å². The van der Waals surface area contributed by atoms with Crippen LogP contribution in [0.1, 0.15) is 155 Å². The SMILES string of the molecule is CCCCCCCCC(CCCCCCCC)CCC(=O)CCCCCCCOC. The van der Waals surface area contributed by atoms with Crippen LogP contribution in [0, 0.1) is 5.92 Å². The first-order valence-electron chi connectivity index (χ1n) is 13.7. The minimum absolute atomic E-state index is 0.516. The average molecular weight is 425 g/mol. The third-order valence-electron chi connectivity index (χ3n) is 6.57. The zero-order chi connectivity index (χ0) is 22.1. The molecule has 0 bridgehead atoms. The van der Waals surface area contributed by atoms with Gasteiger partial charge in [-0.3, -0.25) is 4.79 Å². The fourth-order valence-corrected chi connectivity index (χ4v) is 4.45. The molecule has 0 aliphatic rings. The number of hydrogen-bond acceptors (Lipinski definition) is 2. The van der Waals surface area contributed by atoms with Crippen molar-refractivity contribution in [1.82, 2.24) is 0 Å². The van der Waals surface area contributed by atoms with Crippen LogP contribution in [-0.4, -0.2) is 19.5 Å². The van der Waals surface area contributed by atoms with Crippen LogP contribution in [-0.2, 0) is 9.53 Å². The zero-order valence-corrected chi connectivity index (χ0v) is 21.2. The maximum Gasteiger partial charge on any atom is 0.132 e. The normalized spacial score (nSPS) is 11.5. The standard InChI is InChI=1S/C28H56O2/c1-4-6-8-10-13-17-21-27(22-18-14-11-9-7-5-2)24-25-28(29)23-19-15-12-16-20-26-30-3/h27H,4-26H2,1-3H3. The highest BCUT2D eigenvalue weighted by Crippen LogP contribution is 2.24. The van der Waals surface area contributed by atoms with E-state index in [1.54, 1.807) is 7.11 Å². The van der Waals surface area contributed by atoms with Crippen molar-refractivity contribution in [3.05, 3.63) is 0 Å². The number of methoxy groups -OCH3 is 1. The van der Waals surface area contributed by atoms with Crippen LogP contribution in [0.15, 0.2) is 0 Å². The van der Waals surface area contributed by atoms with E-state index in [9.17, 15) is 4.79 Å². The first kappa shape index (κ1) is 29.6. The molecule has 0 heterocycles. The summed E-state index contributed by atoms with van der Waals surface area (Å²) < 4.78 is 5.09. The molecule has 30 heavy (non-hydrogen) atoms. The summed E-state index contributed by atoms with van der Waals surface area (Å²) in [6, 6.07) is 0. The first-order valence-corrected chi connectivity index (χ1v) is 13.7. The van der Waals surface area contributed by atoms with Crippen molar-refractivity contribution < 1.29 is 9.53 Å². The molecule has 0 atom stereocenters. The van der Waals surface area contributed by atoms with Crippen molar-refractivity contribution in [2.75, 3.05) is 13.7 Å². The number of carbonyl (C=O) groups excluding carboxylic acids is 1. The predicted octanol–water partition coefficient (Wildman–Crippen LogP) is 9.44. The molecule has 0 amide bonds. The van der Waals surface area contributed by atoms with E-state index in [4.69, 9.17) is 4.74 Å². The van der Waals surface area contributed by atoms with E-state index in [-0.39, 0.29) is 0 Å². The number of unbranched alkanes of at least 4 members (excludes halogenated alkanes) is 14. The third kappa shape index (κ3) is 22.3. The molecule has 0 saturated heterocycles. The van der Waals surface area contributed by atoms with Gasteiger partial charge in [0.15, 0.2) is 0 Å². The molecule has 0 unspecified atom stereocenters. The van der Waals surface area contributed by atoms with Gasteiger partial charge < -0.3 is 4.74 Å². The van der Waals surface area contributed by atoms with Gasteiger partial charge in [0.2, 0.25) is 0 Å². The number of rotatable bonds is 25. The van der Waals surface area contributed by atoms with E-state index >= 15 is 0 Å². The van der Waals surface area contributed by atoms with Crippen LogP contribution in [0.25, 0.3) is 0 Å². The molecular weight excluding hydrogens is 368 g/mol. The fraction of sp³-hybridized carbons (Fsp3) is 0.964. The van der Waals surface area contributed by atoms with Crippen LogP contribution in [0.2, 0.25) is 0 Å². The highest BCUT2D eigenvalue weighted by molar-refractivity contribution is 5.78. The molecule has 2 heteroatoms. The van der Waals surface area contributed by atoms with Gasteiger partial charge in [0, 0.05) is 26.6 Å². The van der Waals surface area contributed by atoms with Gasteiger partial charge >= 0.3 is 0 Å². The summed E-state index contributed by atoms with van der Waals surface area (Å²) >= 11 is 0. The molecule has 0 aromatic rings. The Bertz CT molecular complexity index is 324. The minimum Gasteiger partial charge on any atom is -0.385 e. The lowest BCUT2D eigenvalue weighted by Gasteiger charge is -2.17. The van der Waals surface area contributed by atoms with Gasteiger partial charge in [-0.2, -0.15) is 0 Å². The number of carbonyl (C=O) groups is 1. The van der Waals surface area contributed by atoms with Crippen LogP contribution >= 0.6 is 0 Å². The molecule has 0 aromatic heterocycles. The molecule has 0 radical (unpaired) electrons. The van der Waals surface area contributed by atoms with E-state index in [2.05, 4.69) is 13.8 Å². The highest BCUT2D eigenvalue weighted by Gasteiger charge is 2.11. The molecule has 0 aliphatic carbocycles. The van der Waals surface area contributed by atoms with Crippen LogP contribution < -0.4 is 0 Å². The molecular formula is C28H56O2. The van der Waals surface area contributed by atoms with E-state index in [1.165, 1.54) is 109 Å². The Morgan fingerprint density at radius 3 is 1.57 bits per heavy atom. The predicted molar refractivity (Wildman–Crippen MR) is 133 cm³/mol. The van der Waals surface area contributed by atoms with Crippen molar-refractivity contribution in [3.63, 3.8) is 0 Å². The monoisotopic (exact) mass is 424 g/mol. The number of ketones is 1. The Morgan fingerprint density at radius 2 is 1.03 bits per heavy atom. The summed E-state index contributed by atoms with van der Waals surface area (Å²) in [5.74, 6) is 1.31. The largest absolute Gasteiger partial charge is 0.385 e. The Morgan fingerprint density at radius 1 is 0.567 bits per heavy atom. The molecule has 2 nitrogen and oxygen atoms in total. The molecule has 0 aliphatic heterocycles.